The smallest absolute Gasteiger partial charge is 0.416 e. The van der Waals surface area contributed by atoms with E-state index in [0.29, 0.717) is 28.2 Å². The van der Waals surface area contributed by atoms with Gasteiger partial charge in [0.25, 0.3) is 0 Å². The normalized spacial score (nSPS) is 12.0. The van der Waals surface area contributed by atoms with Gasteiger partial charge in [-0.1, -0.05) is 12.1 Å². The summed E-state index contributed by atoms with van der Waals surface area (Å²) >= 11 is 0. The third kappa shape index (κ3) is 2.56. The van der Waals surface area contributed by atoms with Crippen LogP contribution in [-0.2, 0) is 10.9 Å². The molecule has 0 aliphatic carbocycles. The van der Waals surface area contributed by atoms with Gasteiger partial charge in [0.15, 0.2) is 5.69 Å². The summed E-state index contributed by atoms with van der Waals surface area (Å²) in [4.78, 5) is 16.7. The number of carbonyl (C=O) groups excluding carboxylic acids is 1. The first-order chi connectivity index (χ1) is 12.8. The molecule has 0 aliphatic rings. The molecule has 0 atom stereocenters. The maximum atomic E-state index is 12.9. The number of aromatic nitrogens is 3. The van der Waals surface area contributed by atoms with Gasteiger partial charge < -0.3 is 4.74 Å². The largest absolute Gasteiger partial charge is 0.464 e. The number of imidazole rings is 2. The lowest BCUT2D eigenvalue weighted by molar-refractivity contribution is -0.137. The molecule has 0 radical (unpaired) electrons. The van der Waals surface area contributed by atoms with Gasteiger partial charge >= 0.3 is 12.1 Å². The second kappa shape index (κ2) is 5.87. The van der Waals surface area contributed by atoms with Crippen LogP contribution in [0.2, 0.25) is 0 Å². The third-order valence-corrected chi connectivity index (χ3v) is 4.43. The van der Waals surface area contributed by atoms with E-state index in [-0.39, 0.29) is 5.69 Å². The van der Waals surface area contributed by atoms with E-state index in [1.807, 2.05) is 24.3 Å². The number of nitrogens with zero attached hydrogens (tertiary/aromatic N) is 3. The van der Waals surface area contributed by atoms with Crippen molar-refractivity contribution in [1.29, 1.82) is 0 Å². The highest BCUT2D eigenvalue weighted by atomic mass is 19.4. The van der Waals surface area contributed by atoms with Crippen molar-refractivity contribution >= 4 is 22.8 Å². The van der Waals surface area contributed by atoms with Gasteiger partial charge in [0.05, 0.1) is 29.4 Å². The van der Waals surface area contributed by atoms with Crippen LogP contribution in [0.4, 0.5) is 13.2 Å². The highest BCUT2D eigenvalue weighted by Crippen LogP contribution is 2.32. The maximum Gasteiger partial charge on any atom is 0.416 e. The summed E-state index contributed by atoms with van der Waals surface area (Å²) in [5, 5.41) is 0. The van der Waals surface area contributed by atoms with E-state index >= 15 is 0 Å². The number of hydrogen-bond acceptors (Lipinski definition) is 3. The Kier molecular flexibility index (Phi) is 3.73. The summed E-state index contributed by atoms with van der Waals surface area (Å²) in [5.41, 5.74) is 1.96. The molecule has 0 aliphatic heterocycles. The van der Waals surface area contributed by atoms with Crippen molar-refractivity contribution in [1.82, 2.24) is 14.0 Å². The summed E-state index contributed by atoms with van der Waals surface area (Å²) in [7, 11) is 1.29. The predicted octanol–water partition coefficient (Wildman–Crippen LogP) is 4.39. The van der Waals surface area contributed by atoms with Gasteiger partial charge in [-0.15, -0.1) is 0 Å². The van der Waals surface area contributed by atoms with Gasteiger partial charge in [-0.3, -0.25) is 8.97 Å². The topological polar surface area (TPSA) is 48.5 Å². The van der Waals surface area contributed by atoms with E-state index < -0.39 is 17.7 Å². The number of alkyl halides is 3. The molecule has 5 nitrogen and oxygen atoms in total. The highest BCUT2D eigenvalue weighted by molar-refractivity contribution is 5.94. The van der Waals surface area contributed by atoms with Crippen molar-refractivity contribution in [3.63, 3.8) is 0 Å². The van der Waals surface area contributed by atoms with E-state index in [1.165, 1.54) is 19.2 Å². The Labute approximate surface area is 151 Å². The molecule has 0 spiro atoms. The Morgan fingerprint density at radius 1 is 1.04 bits per heavy atom. The number of aryl methyl sites for hydroxylation is 1. The fourth-order valence-corrected chi connectivity index (χ4v) is 3.23. The van der Waals surface area contributed by atoms with Crippen molar-refractivity contribution in [2.75, 3.05) is 7.11 Å². The Hall–Kier alpha value is -3.29. The molecule has 4 aromatic rings. The fraction of sp³-hybridized carbons (Fsp3) is 0.158. The average Bonchev–Trinajstić information content (AvgIpc) is 3.13. The van der Waals surface area contributed by atoms with Crippen molar-refractivity contribution in [3.8, 4) is 5.69 Å². The quantitative estimate of drug-likeness (QED) is 0.490. The first kappa shape index (κ1) is 17.1. The average molecular weight is 373 g/mol. The van der Waals surface area contributed by atoms with E-state index in [1.54, 1.807) is 15.9 Å². The molecule has 2 aromatic carbocycles. The number of ether oxygens (including phenoxy) is 1. The summed E-state index contributed by atoms with van der Waals surface area (Å²) in [5.74, 6) is -0.107. The molecule has 138 valence electrons. The highest BCUT2D eigenvalue weighted by Gasteiger charge is 2.30. The van der Waals surface area contributed by atoms with Crippen LogP contribution in [0.3, 0.4) is 0 Å². The Morgan fingerprint density at radius 2 is 1.67 bits per heavy atom. The molecule has 27 heavy (non-hydrogen) atoms. The Bertz CT molecular complexity index is 1170. The van der Waals surface area contributed by atoms with E-state index in [2.05, 4.69) is 4.98 Å². The van der Waals surface area contributed by atoms with Gasteiger partial charge in [0.1, 0.15) is 0 Å². The van der Waals surface area contributed by atoms with Crippen molar-refractivity contribution in [2.24, 2.45) is 0 Å². The van der Waals surface area contributed by atoms with E-state index in [0.717, 1.165) is 12.1 Å². The van der Waals surface area contributed by atoms with Crippen LogP contribution in [0.25, 0.3) is 22.5 Å². The zero-order valence-electron chi connectivity index (χ0n) is 14.4. The van der Waals surface area contributed by atoms with Crippen LogP contribution in [0.1, 0.15) is 21.7 Å². The minimum atomic E-state index is -4.41. The van der Waals surface area contributed by atoms with Gasteiger partial charge in [-0.05, 0) is 43.3 Å². The van der Waals surface area contributed by atoms with Crippen LogP contribution >= 0.6 is 0 Å². The lowest BCUT2D eigenvalue weighted by Gasteiger charge is -2.09. The fourth-order valence-electron chi connectivity index (χ4n) is 3.23. The molecule has 2 aromatic heterocycles. The number of benzene rings is 2. The van der Waals surface area contributed by atoms with Crippen molar-refractivity contribution in [3.05, 3.63) is 65.5 Å². The SMILES string of the molecule is COC(=O)c1c(C)nc2n(-c3ccc(C(F)(F)F)cc3)c3ccccc3n12. The number of para-hydroxylation sites is 2. The number of hydrogen-bond donors (Lipinski definition) is 0. The molecular weight excluding hydrogens is 359 g/mol. The molecule has 0 amide bonds. The van der Waals surface area contributed by atoms with Gasteiger partial charge in [-0.2, -0.15) is 13.2 Å². The molecule has 0 bridgehead atoms. The lowest BCUT2D eigenvalue weighted by Crippen LogP contribution is -2.06. The van der Waals surface area contributed by atoms with E-state index in [9.17, 15) is 18.0 Å². The number of rotatable bonds is 2. The second-order valence-electron chi connectivity index (χ2n) is 6.04. The Balaban J connectivity index is 2.04. The number of halogens is 3. The minimum Gasteiger partial charge on any atom is -0.464 e. The number of fused-ring (bicyclic) bond motifs is 3. The molecular formula is C19H14F3N3O2. The zero-order valence-corrected chi connectivity index (χ0v) is 14.4. The van der Waals surface area contributed by atoms with Crippen LogP contribution in [0.15, 0.2) is 48.5 Å². The summed E-state index contributed by atoms with van der Waals surface area (Å²) in [6, 6.07) is 12.1. The van der Waals surface area contributed by atoms with Crippen LogP contribution in [0.5, 0.6) is 0 Å². The second-order valence-corrected chi connectivity index (χ2v) is 6.04. The van der Waals surface area contributed by atoms with Crippen LogP contribution in [0, 0.1) is 6.92 Å². The first-order valence-corrected chi connectivity index (χ1v) is 8.07. The van der Waals surface area contributed by atoms with Crippen LogP contribution in [-0.4, -0.2) is 27.0 Å². The molecule has 0 saturated heterocycles. The number of methoxy groups -OCH3 is 1. The monoisotopic (exact) mass is 373 g/mol. The lowest BCUT2D eigenvalue weighted by atomic mass is 10.2. The molecule has 0 fully saturated rings. The molecule has 0 unspecified atom stereocenters. The van der Waals surface area contributed by atoms with Gasteiger partial charge in [0.2, 0.25) is 5.78 Å². The van der Waals surface area contributed by atoms with Crippen molar-refractivity contribution < 1.29 is 22.7 Å². The number of carbonyl (C=O) groups is 1. The minimum absolute atomic E-state index is 0.286. The third-order valence-electron chi connectivity index (χ3n) is 4.43. The summed E-state index contributed by atoms with van der Waals surface area (Å²) in [6.07, 6.45) is -4.41. The molecule has 4 rings (SSSR count). The zero-order chi connectivity index (χ0) is 19.3. The van der Waals surface area contributed by atoms with Gasteiger partial charge in [-0.25, -0.2) is 9.78 Å². The molecule has 2 heterocycles. The first-order valence-electron chi connectivity index (χ1n) is 8.07. The maximum absolute atomic E-state index is 12.9. The van der Waals surface area contributed by atoms with Crippen LogP contribution < -0.4 is 0 Å². The molecule has 0 saturated carbocycles. The van der Waals surface area contributed by atoms with Crippen molar-refractivity contribution in [2.45, 2.75) is 13.1 Å². The number of esters is 1. The Morgan fingerprint density at radius 3 is 2.26 bits per heavy atom. The van der Waals surface area contributed by atoms with Gasteiger partial charge in [0, 0.05) is 5.69 Å². The summed E-state index contributed by atoms with van der Waals surface area (Å²) < 4.78 is 46.9. The standard InChI is InChI=1S/C19H14F3N3O2/c1-11-16(17(26)27-2)25-15-6-4-3-5-14(15)24(18(25)23-11)13-9-7-12(8-10-13)19(20,21)22/h3-10H,1-2H3. The molecule has 0 N–H and O–H groups in total. The molecule has 8 heteroatoms. The predicted molar refractivity (Wildman–Crippen MR) is 93.1 cm³/mol. The summed E-state index contributed by atoms with van der Waals surface area (Å²) in [6.45, 7) is 1.69. The van der Waals surface area contributed by atoms with E-state index in [4.69, 9.17) is 4.74 Å².